The first kappa shape index (κ1) is 24.0. The van der Waals surface area contributed by atoms with Gasteiger partial charge in [-0.15, -0.1) is 11.3 Å². The van der Waals surface area contributed by atoms with Gasteiger partial charge in [-0.25, -0.2) is 8.42 Å². The fraction of sp³-hybridized carbons (Fsp3) is 0.0800. The summed E-state index contributed by atoms with van der Waals surface area (Å²) in [6, 6.07) is 22.0. The van der Waals surface area contributed by atoms with Gasteiger partial charge in [-0.1, -0.05) is 46.3 Å². The van der Waals surface area contributed by atoms with E-state index in [0.29, 0.717) is 23.6 Å². The second-order valence-electron chi connectivity index (χ2n) is 7.21. The van der Waals surface area contributed by atoms with Crippen LogP contribution in [-0.4, -0.2) is 20.8 Å². The third kappa shape index (κ3) is 4.72. The number of sulfone groups is 1. The summed E-state index contributed by atoms with van der Waals surface area (Å²) in [5.41, 5.74) is 7.26. The molecule has 4 rings (SSSR count). The molecule has 0 bridgehead atoms. The van der Waals surface area contributed by atoms with Crippen LogP contribution in [0, 0.1) is 0 Å². The maximum Gasteiger partial charge on any atom is 0.211 e. The van der Waals surface area contributed by atoms with Crippen LogP contribution in [0.15, 0.2) is 93.1 Å². The van der Waals surface area contributed by atoms with E-state index in [9.17, 15) is 13.2 Å². The van der Waals surface area contributed by atoms with Crippen LogP contribution in [0.4, 0.5) is 16.4 Å². The van der Waals surface area contributed by atoms with Crippen molar-refractivity contribution in [3.63, 3.8) is 0 Å². The van der Waals surface area contributed by atoms with Crippen LogP contribution in [0.2, 0.25) is 0 Å². The van der Waals surface area contributed by atoms with Gasteiger partial charge in [0.05, 0.1) is 22.9 Å². The zero-order valence-electron chi connectivity index (χ0n) is 18.1. The van der Waals surface area contributed by atoms with E-state index in [2.05, 4.69) is 21.2 Å². The summed E-state index contributed by atoms with van der Waals surface area (Å²) in [7, 11) is -4.02. The highest BCUT2D eigenvalue weighted by Gasteiger charge is 2.32. The van der Waals surface area contributed by atoms with E-state index in [1.165, 1.54) is 12.1 Å². The van der Waals surface area contributed by atoms with Crippen molar-refractivity contribution in [3.8, 4) is 5.75 Å². The van der Waals surface area contributed by atoms with Gasteiger partial charge in [0, 0.05) is 10.0 Å². The number of halogens is 1. The number of nitrogens with one attached hydrogen (secondary N) is 1. The second-order valence-corrected chi connectivity index (χ2v) is 11.0. The average Bonchev–Trinajstić information content (AvgIpc) is 3.17. The second kappa shape index (κ2) is 10.0. The van der Waals surface area contributed by atoms with Crippen molar-refractivity contribution in [2.45, 2.75) is 16.7 Å². The minimum absolute atomic E-state index is 0.0850. The van der Waals surface area contributed by atoms with Crippen molar-refractivity contribution in [1.82, 2.24) is 0 Å². The lowest BCUT2D eigenvalue weighted by Crippen LogP contribution is -2.08. The zero-order chi connectivity index (χ0) is 24.3. The van der Waals surface area contributed by atoms with E-state index in [1.54, 1.807) is 60.7 Å². The lowest BCUT2D eigenvalue weighted by molar-refractivity contribution is 0.104. The van der Waals surface area contributed by atoms with Gasteiger partial charge in [-0.05, 0) is 55.5 Å². The fourth-order valence-corrected chi connectivity index (χ4v) is 6.58. The number of benzene rings is 3. The Morgan fingerprint density at radius 1 is 1.00 bits per heavy atom. The van der Waals surface area contributed by atoms with Crippen LogP contribution in [-0.2, 0) is 9.84 Å². The van der Waals surface area contributed by atoms with Crippen molar-refractivity contribution in [3.05, 3.63) is 93.8 Å². The number of thiophene rings is 1. The maximum atomic E-state index is 13.6. The van der Waals surface area contributed by atoms with Crippen molar-refractivity contribution >= 4 is 59.3 Å². The topological polar surface area (TPSA) is 98.5 Å². The molecule has 0 fully saturated rings. The molecule has 174 valence electrons. The van der Waals surface area contributed by atoms with Crippen molar-refractivity contribution in [1.29, 1.82) is 0 Å². The molecular weight excluding hydrogens is 536 g/mol. The number of carbonyl (C=O) groups excluding carboxylic acids is 1. The third-order valence-electron chi connectivity index (χ3n) is 4.97. The van der Waals surface area contributed by atoms with Crippen LogP contribution in [0.1, 0.15) is 22.2 Å². The first-order valence-electron chi connectivity index (χ1n) is 10.3. The minimum atomic E-state index is -4.02. The lowest BCUT2D eigenvalue weighted by Gasteiger charge is -2.13. The number of nitrogens with two attached hydrogens (primary N) is 1. The molecule has 0 aliphatic rings. The molecule has 3 N–H and O–H groups in total. The third-order valence-corrected chi connectivity index (χ3v) is 8.60. The number of anilines is 3. The summed E-state index contributed by atoms with van der Waals surface area (Å²) in [6.45, 7) is 2.30. The Kier molecular flexibility index (Phi) is 7.06. The summed E-state index contributed by atoms with van der Waals surface area (Å²) in [4.78, 5) is 13.4. The van der Waals surface area contributed by atoms with Gasteiger partial charge >= 0.3 is 0 Å². The molecule has 3 aromatic carbocycles. The summed E-state index contributed by atoms with van der Waals surface area (Å²) in [5.74, 6) is 0.200. The average molecular weight is 557 g/mol. The van der Waals surface area contributed by atoms with Gasteiger partial charge in [0.25, 0.3) is 0 Å². The van der Waals surface area contributed by atoms with Crippen molar-refractivity contribution < 1.29 is 17.9 Å². The van der Waals surface area contributed by atoms with Crippen molar-refractivity contribution in [2.24, 2.45) is 0 Å². The Morgan fingerprint density at radius 2 is 1.65 bits per heavy atom. The molecule has 0 unspecified atom stereocenters. The highest BCUT2D eigenvalue weighted by Crippen LogP contribution is 2.45. The highest BCUT2D eigenvalue weighted by atomic mass is 79.9. The van der Waals surface area contributed by atoms with E-state index in [4.69, 9.17) is 10.5 Å². The van der Waals surface area contributed by atoms with E-state index < -0.39 is 9.84 Å². The van der Waals surface area contributed by atoms with Gasteiger partial charge in [-0.2, -0.15) is 0 Å². The Hall–Kier alpha value is -3.14. The van der Waals surface area contributed by atoms with Crippen LogP contribution < -0.4 is 15.8 Å². The van der Waals surface area contributed by atoms with E-state index in [-0.39, 0.29) is 31.1 Å². The molecule has 1 heterocycles. The monoisotopic (exact) mass is 556 g/mol. The number of hydrogen-bond acceptors (Lipinski definition) is 7. The quantitative estimate of drug-likeness (QED) is 0.247. The molecular formula is C25H21BrN2O4S2. The summed E-state index contributed by atoms with van der Waals surface area (Å²) < 4.78 is 33.8. The number of hydrogen-bond donors (Lipinski definition) is 2. The lowest BCUT2D eigenvalue weighted by atomic mass is 10.1. The van der Waals surface area contributed by atoms with Crippen LogP contribution in [0.5, 0.6) is 5.75 Å². The Labute approximate surface area is 210 Å². The number of ether oxygens (including phenoxy) is 1. The molecule has 0 saturated heterocycles. The van der Waals surface area contributed by atoms with Crippen LogP contribution >= 0.6 is 27.3 Å². The Balaban J connectivity index is 1.88. The van der Waals surface area contributed by atoms with E-state index in [1.807, 2.05) is 13.0 Å². The minimum Gasteiger partial charge on any atom is -0.492 e. The number of para-hydroxylation sites is 2. The first-order chi connectivity index (χ1) is 16.3. The predicted molar refractivity (Wildman–Crippen MR) is 139 cm³/mol. The summed E-state index contributed by atoms with van der Waals surface area (Å²) >= 11 is 4.36. The van der Waals surface area contributed by atoms with Gasteiger partial charge in [0.2, 0.25) is 15.6 Å². The summed E-state index contributed by atoms with van der Waals surface area (Å²) in [6.07, 6.45) is 0. The van der Waals surface area contributed by atoms with Gasteiger partial charge in [-0.3, -0.25) is 4.79 Å². The zero-order valence-corrected chi connectivity index (χ0v) is 21.3. The number of rotatable bonds is 8. The molecule has 0 amide bonds. The normalized spacial score (nSPS) is 11.2. The number of ketones is 1. The molecule has 0 aliphatic heterocycles. The predicted octanol–water partition coefficient (Wildman–Crippen LogP) is 6.30. The molecule has 0 saturated carbocycles. The fourth-order valence-electron chi connectivity index (χ4n) is 3.37. The molecule has 9 heteroatoms. The van der Waals surface area contributed by atoms with Gasteiger partial charge in [0.15, 0.2) is 0 Å². The maximum absolute atomic E-state index is 13.6. The Bertz CT molecular complexity index is 1430. The molecule has 6 nitrogen and oxygen atoms in total. The Morgan fingerprint density at radius 3 is 2.32 bits per heavy atom. The molecule has 0 aliphatic carbocycles. The van der Waals surface area contributed by atoms with E-state index in [0.717, 1.165) is 15.8 Å². The summed E-state index contributed by atoms with van der Waals surface area (Å²) in [5, 5.41) is 3.40. The largest absolute Gasteiger partial charge is 0.492 e. The van der Waals surface area contributed by atoms with Crippen LogP contribution in [0.3, 0.4) is 0 Å². The number of nitrogen functional groups attached to an aromatic ring is 1. The molecule has 34 heavy (non-hydrogen) atoms. The van der Waals surface area contributed by atoms with Gasteiger partial charge in [0.1, 0.15) is 20.5 Å². The molecule has 0 spiro atoms. The highest BCUT2D eigenvalue weighted by molar-refractivity contribution is 9.10. The SMILES string of the molecule is CCOc1ccccc1Nc1sc(C(=O)c2ccc(Br)cc2)c(N)c1S(=O)(=O)c1ccccc1. The first-order valence-corrected chi connectivity index (χ1v) is 13.4. The smallest absolute Gasteiger partial charge is 0.211 e. The molecule has 0 atom stereocenters. The molecule has 4 aromatic rings. The number of carbonyl (C=O) groups is 1. The van der Waals surface area contributed by atoms with Crippen LogP contribution in [0.25, 0.3) is 0 Å². The van der Waals surface area contributed by atoms with Crippen molar-refractivity contribution in [2.75, 3.05) is 17.7 Å². The van der Waals surface area contributed by atoms with Gasteiger partial charge < -0.3 is 15.8 Å². The van der Waals surface area contributed by atoms with E-state index >= 15 is 0 Å². The molecule has 0 radical (unpaired) electrons. The molecule has 1 aromatic heterocycles. The standard InChI is InChI=1S/C25H21BrN2O4S2/c1-2-32-20-11-7-6-10-19(20)28-25-24(34(30,31)18-8-4-3-5-9-18)21(27)23(33-25)22(29)16-12-14-17(26)15-13-16/h3-15,28H,2,27H2,1H3.